The molecule has 9 heteroatoms. The van der Waals surface area contributed by atoms with Gasteiger partial charge in [0.25, 0.3) is 0 Å². The third kappa shape index (κ3) is 6.38. The summed E-state index contributed by atoms with van der Waals surface area (Å²) in [7, 11) is -3.52. The number of sulfonamides is 1. The third-order valence-corrected chi connectivity index (χ3v) is 7.02. The van der Waals surface area contributed by atoms with Crippen molar-refractivity contribution in [2.24, 2.45) is 5.92 Å². The highest BCUT2D eigenvalue weighted by molar-refractivity contribution is 7.89. The van der Waals surface area contributed by atoms with Crippen molar-refractivity contribution in [1.29, 1.82) is 0 Å². The molecule has 0 spiro atoms. The maximum Gasteiger partial charge on any atom is 0.243 e. The molecule has 2 amide bonds. The molecule has 1 heterocycles. The van der Waals surface area contributed by atoms with Gasteiger partial charge in [-0.2, -0.15) is 4.31 Å². The van der Waals surface area contributed by atoms with Gasteiger partial charge in [0.1, 0.15) is 0 Å². The highest BCUT2D eigenvalue weighted by atomic mass is 32.2. The zero-order valence-corrected chi connectivity index (χ0v) is 19.2. The second-order valence-corrected chi connectivity index (χ2v) is 9.87. The fraction of sp³-hybridized carbons (Fsp3) is 0.391. The van der Waals surface area contributed by atoms with E-state index < -0.39 is 10.0 Å². The van der Waals surface area contributed by atoms with E-state index in [-0.39, 0.29) is 29.0 Å². The van der Waals surface area contributed by atoms with Gasteiger partial charge in [-0.3, -0.25) is 9.59 Å². The van der Waals surface area contributed by atoms with Gasteiger partial charge in [-0.05, 0) is 42.3 Å². The summed E-state index contributed by atoms with van der Waals surface area (Å²) in [5.41, 5.74) is 2.10. The zero-order valence-electron chi connectivity index (χ0n) is 18.3. The van der Waals surface area contributed by atoms with Gasteiger partial charge in [-0.25, -0.2) is 8.42 Å². The first-order valence-corrected chi connectivity index (χ1v) is 12.1. The molecule has 0 radical (unpaired) electrons. The van der Waals surface area contributed by atoms with Crippen LogP contribution < -0.4 is 10.6 Å². The van der Waals surface area contributed by atoms with Crippen LogP contribution in [0, 0.1) is 5.92 Å². The first-order chi connectivity index (χ1) is 15.3. The number of carbonyl (C=O) groups is 2. The normalized spacial score (nSPS) is 14.8. The lowest BCUT2D eigenvalue weighted by atomic mass is 10.1. The Morgan fingerprint density at radius 2 is 1.62 bits per heavy atom. The van der Waals surface area contributed by atoms with Gasteiger partial charge >= 0.3 is 0 Å². The van der Waals surface area contributed by atoms with E-state index in [2.05, 4.69) is 10.6 Å². The quantitative estimate of drug-likeness (QED) is 0.632. The summed E-state index contributed by atoms with van der Waals surface area (Å²) in [6, 6.07) is 13.6. The van der Waals surface area contributed by atoms with Crippen molar-refractivity contribution in [3.8, 4) is 0 Å². The molecule has 1 saturated heterocycles. The first-order valence-electron chi connectivity index (χ1n) is 10.6. The molecule has 3 rings (SSSR count). The number of hydrogen-bond acceptors (Lipinski definition) is 5. The molecular formula is C23H29N3O5S. The molecular weight excluding hydrogens is 430 g/mol. The van der Waals surface area contributed by atoms with E-state index in [9.17, 15) is 18.0 Å². The monoisotopic (exact) mass is 459 g/mol. The van der Waals surface area contributed by atoms with E-state index in [4.69, 9.17) is 4.74 Å². The Labute approximate surface area is 189 Å². The molecule has 0 unspecified atom stereocenters. The van der Waals surface area contributed by atoms with Crippen molar-refractivity contribution in [3.05, 3.63) is 54.1 Å². The molecule has 32 heavy (non-hydrogen) atoms. The number of benzene rings is 2. The number of hydrogen-bond donors (Lipinski definition) is 2. The van der Waals surface area contributed by atoms with Crippen LogP contribution in [0.15, 0.2) is 53.4 Å². The Balaban J connectivity index is 1.53. The second-order valence-electron chi connectivity index (χ2n) is 7.93. The Kier molecular flexibility index (Phi) is 8.00. The van der Waals surface area contributed by atoms with Crippen molar-refractivity contribution in [1.82, 2.24) is 4.31 Å². The number of rotatable bonds is 8. The lowest BCUT2D eigenvalue weighted by Gasteiger charge is -2.26. The Morgan fingerprint density at radius 1 is 1.00 bits per heavy atom. The maximum atomic E-state index is 12.7. The Morgan fingerprint density at radius 3 is 2.25 bits per heavy atom. The van der Waals surface area contributed by atoms with Crippen molar-refractivity contribution < 1.29 is 22.7 Å². The van der Waals surface area contributed by atoms with Crippen molar-refractivity contribution in [3.63, 3.8) is 0 Å². The van der Waals surface area contributed by atoms with E-state index in [0.29, 0.717) is 44.1 Å². The molecule has 2 aromatic rings. The summed E-state index contributed by atoms with van der Waals surface area (Å²) in [5.74, 6) is -0.390. The fourth-order valence-corrected chi connectivity index (χ4v) is 4.61. The van der Waals surface area contributed by atoms with E-state index in [1.54, 1.807) is 48.5 Å². The van der Waals surface area contributed by atoms with E-state index in [1.165, 1.54) is 4.31 Å². The lowest BCUT2D eigenvalue weighted by molar-refractivity contribution is -0.119. The number of morpholine rings is 1. The number of nitrogens with zero attached hydrogens (tertiary/aromatic N) is 1. The van der Waals surface area contributed by atoms with Crippen molar-refractivity contribution in [2.75, 3.05) is 36.9 Å². The molecule has 1 aliphatic heterocycles. The minimum atomic E-state index is -3.52. The van der Waals surface area contributed by atoms with Crippen LogP contribution >= 0.6 is 0 Å². The number of aryl methyl sites for hydroxylation is 1. The van der Waals surface area contributed by atoms with Gasteiger partial charge in [0.05, 0.1) is 18.1 Å². The van der Waals surface area contributed by atoms with Crippen molar-refractivity contribution >= 4 is 33.2 Å². The van der Waals surface area contributed by atoms with Crippen LogP contribution in [-0.4, -0.2) is 50.8 Å². The summed E-state index contributed by atoms with van der Waals surface area (Å²) in [6.07, 6.45) is 0.728. The van der Waals surface area contributed by atoms with E-state index >= 15 is 0 Å². The Bertz CT molecular complexity index is 1050. The summed E-state index contributed by atoms with van der Waals surface area (Å²) in [6.45, 7) is 5.13. The van der Waals surface area contributed by atoms with Crippen LogP contribution in [0.4, 0.5) is 11.4 Å². The molecule has 0 aromatic heterocycles. The van der Waals surface area contributed by atoms with Crippen molar-refractivity contribution in [2.45, 2.75) is 31.6 Å². The highest BCUT2D eigenvalue weighted by Crippen LogP contribution is 2.19. The Hall–Kier alpha value is -2.75. The zero-order chi connectivity index (χ0) is 23.1. The van der Waals surface area contributed by atoms with Gasteiger partial charge in [-0.1, -0.05) is 32.0 Å². The molecule has 8 nitrogen and oxygen atoms in total. The topological polar surface area (TPSA) is 105 Å². The molecule has 2 N–H and O–H groups in total. The van der Waals surface area contributed by atoms with E-state index in [1.807, 2.05) is 13.8 Å². The lowest BCUT2D eigenvalue weighted by Crippen LogP contribution is -2.40. The summed E-state index contributed by atoms with van der Waals surface area (Å²) in [4.78, 5) is 24.4. The molecule has 1 fully saturated rings. The van der Waals surface area contributed by atoms with Crippen LogP contribution in [-0.2, 0) is 30.8 Å². The van der Waals surface area contributed by atoms with Crippen LogP contribution in [0.2, 0.25) is 0 Å². The van der Waals surface area contributed by atoms with Gasteiger partial charge in [0.15, 0.2) is 0 Å². The number of amides is 2. The number of anilines is 2. The largest absolute Gasteiger partial charge is 0.379 e. The average molecular weight is 460 g/mol. The van der Waals surface area contributed by atoms with Crippen LogP contribution in [0.3, 0.4) is 0 Å². The highest BCUT2D eigenvalue weighted by Gasteiger charge is 2.26. The minimum absolute atomic E-state index is 0.0902. The van der Waals surface area contributed by atoms with Gasteiger partial charge in [-0.15, -0.1) is 0 Å². The number of carbonyl (C=O) groups excluding carboxylic acids is 2. The SMILES string of the molecule is CC(C)C(=O)Nc1cccc(NC(=O)CCc2ccc(S(=O)(=O)N3CCOCC3)cc2)c1. The maximum absolute atomic E-state index is 12.7. The number of nitrogens with one attached hydrogen (secondary N) is 2. The molecule has 2 aromatic carbocycles. The first kappa shape index (κ1) is 23.9. The fourth-order valence-electron chi connectivity index (χ4n) is 3.21. The predicted molar refractivity (Wildman–Crippen MR) is 123 cm³/mol. The summed E-state index contributed by atoms with van der Waals surface area (Å²) >= 11 is 0. The van der Waals surface area contributed by atoms with Crippen LogP contribution in [0.1, 0.15) is 25.8 Å². The van der Waals surface area contributed by atoms with Gasteiger partial charge < -0.3 is 15.4 Å². The molecule has 0 atom stereocenters. The molecule has 0 aliphatic carbocycles. The van der Waals surface area contributed by atoms with Crippen LogP contribution in [0.5, 0.6) is 0 Å². The molecule has 0 bridgehead atoms. The molecule has 172 valence electrons. The van der Waals surface area contributed by atoms with E-state index in [0.717, 1.165) is 5.56 Å². The smallest absolute Gasteiger partial charge is 0.243 e. The standard InChI is InChI=1S/C23H29N3O5S/c1-17(2)23(28)25-20-5-3-4-19(16-20)24-22(27)11-8-18-6-9-21(10-7-18)32(29,30)26-12-14-31-15-13-26/h3-7,9-10,16-17H,8,11-15H2,1-2H3,(H,24,27)(H,25,28). The van der Waals surface area contributed by atoms with Gasteiger partial charge in [0.2, 0.25) is 21.8 Å². The average Bonchev–Trinajstić information content (AvgIpc) is 2.79. The second kappa shape index (κ2) is 10.7. The molecule has 1 aliphatic rings. The molecule has 0 saturated carbocycles. The summed E-state index contributed by atoms with van der Waals surface area (Å²) in [5, 5.41) is 5.63. The predicted octanol–water partition coefficient (Wildman–Crippen LogP) is 2.87. The minimum Gasteiger partial charge on any atom is -0.379 e. The number of ether oxygens (including phenoxy) is 1. The summed E-state index contributed by atoms with van der Waals surface area (Å²) < 4.78 is 32.0. The third-order valence-electron chi connectivity index (χ3n) is 5.11. The van der Waals surface area contributed by atoms with Gasteiger partial charge in [0, 0.05) is 36.8 Å². The van der Waals surface area contributed by atoms with Crippen LogP contribution in [0.25, 0.3) is 0 Å².